The number of aliphatic hydroxyl groups is 1. The van der Waals surface area contributed by atoms with Crippen molar-refractivity contribution in [1.82, 2.24) is 4.98 Å². The lowest BCUT2D eigenvalue weighted by Crippen LogP contribution is -2.43. The van der Waals surface area contributed by atoms with Gasteiger partial charge in [0.25, 0.3) is 0 Å². The molecule has 1 atom stereocenters. The molecule has 0 saturated heterocycles. The van der Waals surface area contributed by atoms with E-state index in [1.165, 1.54) is 0 Å². The summed E-state index contributed by atoms with van der Waals surface area (Å²) >= 11 is 1.62. The first-order chi connectivity index (χ1) is 8.74. The van der Waals surface area contributed by atoms with E-state index in [1.807, 2.05) is 42.5 Å². The third-order valence-electron chi connectivity index (χ3n) is 2.78. The molecule has 0 aliphatic rings. The van der Waals surface area contributed by atoms with E-state index in [1.54, 1.807) is 24.2 Å². The number of hydrogen-bond donors (Lipinski definition) is 2. The molecule has 0 aliphatic heterocycles. The summed E-state index contributed by atoms with van der Waals surface area (Å²) in [6.07, 6.45) is 3.50. The van der Waals surface area contributed by atoms with E-state index in [0.29, 0.717) is 5.75 Å². The molecule has 0 fully saturated rings. The molecule has 94 valence electrons. The second kappa shape index (κ2) is 6.00. The molecule has 0 aliphatic carbocycles. The Hall–Kier alpha value is -1.36. The first-order valence-electron chi connectivity index (χ1n) is 5.73. The summed E-state index contributed by atoms with van der Waals surface area (Å²) in [6.45, 7) is -0.0743. The van der Waals surface area contributed by atoms with E-state index < -0.39 is 5.54 Å². The van der Waals surface area contributed by atoms with E-state index in [2.05, 4.69) is 4.98 Å². The third kappa shape index (κ3) is 3.10. The van der Waals surface area contributed by atoms with Crippen LogP contribution in [0.2, 0.25) is 0 Å². The van der Waals surface area contributed by atoms with Crippen LogP contribution in [-0.4, -0.2) is 22.5 Å². The van der Waals surface area contributed by atoms with Crippen LogP contribution in [0.5, 0.6) is 0 Å². The van der Waals surface area contributed by atoms with Gasteiger partial charge in [-0.3, -0.25) is 4.98 Å². The number of thioether (sulfide) groups is 1. The van der Waals surface area contributed by atoms with Crippen LogP contribution < -0.4 is 5.73 Å². The first kappa shape index (κ1) is 13.1. The Kier molecular flexibility index (Phi) is 4.36. The number of aliphatic hydroxyl groups excluding tert-OH is 1. The van der Waals surface area contributed by atoms with Gasteiger partial charge in [-0.05, 0) is 17.7 Å². The molecule has 1 unspecified atom stereocenters. The average molecular weight is 260 g/mol. The summed E-state index contributed by atoms with van der Waals surface area (Å²) in [6, 6.07) is 13.6. The molecular weight excluding hydrogens is 244 g/mol. The van der Waals surface area contributed by atoms with E-state index >= 15 is 0 Å². The second-order valence-electron chi connectivity index (χ2n) is 4.15. The standard InChI is InChI=1S/C14H16N2OS/c15-14(10-17,12-4-2-1-3-5-12)11-18-13-6-8-16-9-7-13/h1-9,17H,10-11,15H2. The summed E-state index contributed by atoms with van der Waals surface area (Å²) in [5.74, 6) is 0.623. The fourth-order valence-electron chi connectivity index (χ4n) is 1.64. The van der Waals surface area contributed by atoms with Crippen LogP contribution in [0.3, 0.4) is 0 Å². The predicted molar refractivity (Wildman–Crippen MR) is 74.4 cm³/mol. The van der Waals surface area contributed by atoms with Crippen molar-refractivity contribution in [3.8, 4) is 0 Å². The number of nitrogens with zero attached hydrogens (tertiary/aromatic N) is 1. The van der Waals surface area contributed by atoms with Crippen molar-refractivity contribution in [3.05, 3.63) is 60.4 Å². The molecular formula is C14H16N2OS. The van der Waals surface area contributed by atoms with E-state index in [0.717, 1.165) is 10.5 Å². The van der Waals surface area contributed by atoms with Crippen molar-refractivity contribution in [2.75, 3.05) is 12.4 Å². The van der Waals surface area contributed by atoms with Gasteiger partial charge in [0, 0.05) is 23.0 Å². The van der Waals surface area contributed by atoms with Crippen molar-refractivity contribution in [2.24, 2.45) is 5.73 Å². The molecule has 1 heterocycles. The zero-order chi connectivity index (χ0) is 12.8. The molecule has 2 rings (SSSR count). The molecule has 0 saturated carbocycles. The quantitative estimate of drug-likeness (QED) is 0.808. The van der Waals surface area contributed by atoms with Gasteiger partial charge in [0.15, 0.2) is 0 Å². The molecule has 1 aromatic heterocycles. The summed E-state index contributed by atoms with van der Waals surface area (Å²) < 4.78 is 0. The molecule has 4 heteroatoms. The highest BCUT2D eigenvalue weighted by Crippen LogP contribution is 2.27. The Morgan fingerprint density at radius 3 is 2.39 bits per heavy atom. The van der Waals surface area contributed by atoms with Crippen molar-refractivity contribution >= 4 is 11.8 Å². The monoisotopic (exact) mass is 260 g/mol. The van der Waals surface area contributed by atoms with Crippen molar-refractivity contribution in [2.45, 2.75) is 10.4 Å². The van der Waals surface area contributed by atoms with Gasteiger partial charge in [0.05, 0.1) is 12.1 Å². The van der Waals surface area contributed by atoms with Crippen LogP contribution >= 0.6 is 11.8 Å². The number of hydrogen-bond acceptors (Lipinski definition) is 4. The number of benzene rings is 1. The van der Waals surface area contributed by atoms with Crippen molar-refractivity contribution in [1.29, 1.82) is 0 Å². The maximum Gasteiger partial charge on any atom is 0.0739 e. The van der Waals surface area contributed by atoms with Crippen LogP contribution in [-0.2, 0) is 5.54 Å². The summed E-state index contributed by atoms with van der Waals surface area (Å²) in [5.41, 5.74) is 6.52. The van der Waals surface area contributed by atoms with E-state index in [-0.39, 0.29) is 6.61 Å². The lowest BCUT2D eigenvalue weighted by atomic mass is 9.94. The Morgan fingerprint density at radius 2 is 1.78 bits per heavy atom. The zero-order valence-corrected chi connectivity index (χ0v) is 10.8. The number of nitrogens with two attached hydrogens (primary N) is 1. The van der Waals surface area contributed by atoms with E-state index in [9.17, 15) is 5.11 Å². The molecule has 0 radical (unpaired) electrons. The zero-order valence-electron chi connectivity index (χ0n) is 9.99. The van der Waals surface area contributed by atoms with Gasteiger partial charge in [0.1, 0.15) is 0 Å². The highest BCUT2D eigenvalue weighted by molar-refractivity contribution is 7.99. The normalized spacial score (nSPS) is 14.1. The molecule has 0 amide bonds. The van der Waals surface area contributed by atoms with Crippen molar-refractivity contribution in [3.63, 3.8) is 0 Å². The molecule has 1 aromatic carbocycles. The Labute approximate surface area is 111 Å². The van der Waals surface area contributed by atoms with Gasteiger partial charge >= 0.3 is 0 Å². The van der Waals surface area contributed by atoms with E-state index in [4.69, 9.17) is 5.73 Å². The number of pyridine rings is 1. The van der Waals surface area contributed by atoms with Crippen LogP contribution in [0, 0.1) is 0 Å². The molecule has 18 heavy (non-hydrogen) atoms. The fourth-order valence-corrected chi connectivity index (χ4v) is 2.63. The fraction of sp³-hybridized carbons (Fsp3) is 0.214. The minimum atomic E-state index is -0.713. The Morgan fingerprint density at radius 1 is 1.11 bits per heavy atom. The van der Waals surface area contributed by atoms with Gasteiger partial charge in [0.2, 0.25) is 0 Å². The van der Waals surface area contributed by atoms with Crippen LogP contribution in [0.25, 0.3) is 0 Å². The topological polar surface area (TPSA) is 59.1 Å². The maximum atomic E-state index is 9.57. The molecule has 2 aromatic rings. The smallest absolute Gasteiger partial charge is 0.0739 e. The summed E-state index contributed by atoms with van der Waals surface area (Å²) in [7, 11) is 0. The third-order valence-corrected chi connectivity index (χ3v) is 4.04. The van der Waals surface area contributed by atoms with Gasteiger partial charge in [-0.1, -0.05) is 30.3 Å². The molecule has 3 N–H and O–H groups in total. The van der Waals surface area contributed by atoms with Gasteiger partial charge in [-0.25, -0.2) is 0 Å². The maximum absolute atomic E-state index is 9.57. The molecule has 0 bridgehead atoms. The summed E-state index contributed by atoms with van der Waals surface area (Å²) in [4.78, 5) is 5.08. The SMILES string of the molecule is NC(CO)(CSc1ccncc1)c1ccccc1. The van der Waals surface area contributed by atoms with Crippen LogP contribution in [0.1, 0.15) is 5.56 Å². The van der Waals surface area contributed by atoms with Crippen LogP contribution in [0.15, 0.2) is 59.8 Å². The highest BCUT2D eigenvalue weighted by Gasteiger charge is 2.26. The number of rotatable bonds is 5. The predicted octanol–water partition coefficient (Wildman–Crippen LogP) is 2.02. The highest BCUT2D eigenvalue weighted by atomic mass is 32.2. The average Bonchev–Trinajstić information content (AvgIpc) is 2.47. The molecule has 0 spiro atoms. The Balaban J connectivity index is 2.10. The van der Waals surface area contributed by atoms with Crippen LogP contribution in [0.4, 0.5) is 0 Å². The van der Waals surface area contributed by atoms with Gasteiger partial charge in [-0.2, -0.15) is 0 Å². The first-order valence-corrected chi connectivity index (χ1v) is 6.71. The lowest BCUT2D eigenvalue weighted by Gasteiger charge is -2.27. The molecule has 3 nitrogen and oxygen atoms in total. The van der Waals surface area contributed by atoms with Gasteiger partial charge < -0.3 is 10.8 Å². The number of aromatic nitrogens is 1. The largest absolute Gasteiger partial charge is 0.394 e. The second-order valence-corrected chi connectivity index (χ2v) is 5.20. The summed E-state index contributed by atoms with van der Waals surface area (Å²) in [5, 5.41) is 9.57. The van der Waals surface area contributed by atoms with Crippen molar-refractivity contribution < 1.29 is 5.11 Å². The minimum absolute atomic E-state index is 0.0743. The Bertz CT molecular complexity index is 478. The minimum Gasteiger partial charge on any atom is -0.394 e. The van der Waals surface area contributed by atoms with Gasteiger partial charge in [-0.15, -0.1) is 11.8 Å². The lowest BCUT2D eigenvalue weighted by molar-refractivity contribution is 0.213.